The summed E-state index contributed by atoms with van der Waals surface area (Å²) < 4.78 is 11.5. The number of aryl methyl sites for hydroxylation is 1. The molecule has 6 nitrogen and oxygen atoms in total. The van der Waals surface area contributed by atoms with Crippen LogP contribution in [0.3, 0.4) is 0 Å². The van der Waals surface area contributed by atoms with Gasteiger partial charge in [0.1, 0.15) is 0 Å². The molecule has 4 heterocycles. The fourth-order valence-corrected chi connectivity index (χ4v) is 5.14. The lowest BCUT2D eigenvalue weighted by Gasteiger charge is -2.29. The third-order valence-corrected chi connectivity index (χ3v) is 6.70. The number of hydrogen-bond donors (Lipinski definition) is 1. The van der Waals surface area contributed by atoms with Gasteiger partial charge in [0.05, 0.1) is 17.4 Å². The molecule has 2 bridgehead atoms. The van der Waals surface area contributed by atoms with E-state index in [0.29, 0.717) is 18.4 Å². The first-order valence-corrected chi connectivity index (χ1v) is 10.3. The third kappa shape index (κ3) is 3.57. The minimum Gasteiger partial charge on any atom is -0.370 e. The summed E-state index contributed by atoms with van der Waals surface area (Å²) in [6.07, 6.45) is 7.16. The number of amides is 1. The second-order valence-corrected chi connectivity index (χ2v) is 8.50. The summed E-state index contributed by atoms with van der Waals surface area (Å²) in [7, 11) is 0. The van der Waals surface area contributed by atoms with E-state index >= 15 is 0 Å². The third-order valence-electron chi connectivity index (χ3n) is 6.70. The highest BCUT2D eigenvalue weighted by Crippen LogP contribution is 2.54. The van der Waals surface area contributed by atoms with Crippen molar-refractivity contribution in [1.82, 2.24) is 15.4 Å². The largest absolute Gasteiger partial charge is 0.370 e. The molecule has 1 spiro atoms. The first-order valence-electron chi connectivity index (χ1n) is 10.3. The van der Waals surface area contributed by atoms with Crippen molar-refractivity contribution in [3.05, 3.63) is 29.2 Å². The van der Waals surface area contributed by atoms with Crippen molar-refractivity contribution < 1.29 is 14.1 Å². The Morgan fingerprint density at radius 3 is 3.11 bits per heavy atom. The first kappa shape index (κ1) is 18.7. The lowest BCUT2D eigenvalue weighted by molar-refractivity contribution is 0.00289. The summed E-state index contributed by atoms with van der Waals surface area (Å²) >= 11 is 0. The molecule has 3 aliphatic rings. The molecule has 27 heavy (non-hydrogen) atoms. The number of likely N-dealkylation sites (tertiary alicyclic amines) is 1. The van der Waals surface area contributed by atoms with Crippen molar-refractivity contribution in [2.45, 2.75) is 58.2 Å². The Balaban J connectivity index is 1.34. The lowest BCUT2D eigenvalue weighted by Crippen LogP contribution is -2.41. The molecule has 4 rings (SSSR count). The predicted octanol–water partition coefficient (Wildman–Crippen LogP) is 2.94. The Hall–Kier alpha value is -1.66. The van der Waals surface area contributed by atoms with Crippen LogP contribution < -0.4 is 5.32 Å². The van der Waals surface area contributed by atoms with Gasteiger partial charge >= 0.3 is 0 Å². The maximum Gasteiger partial charge on any atom is 0.289 e. The number of nitrogens with one attached hydrogen (secondary N) is 1. The van der Waals surface area contributed by atoms with E-state index in [1.807, 2.05) is 6.92 Å². The van der Waals surface area contributed by atoms with Gasteiger partial charge in [0.2, 0.25) is 5.76 Å². The highest BCUT2D eigenvalue weighted by Gasteiger charge is 2.62. The van der Waals surface area contributed by atoms with Crippen LogP contribution in [0.2, 0.25) is 0 Å². The van der Waals surface area contributed by atoms with Gasteiger partial charge < -0.3 is 14.6 Å². The molecule has 0 radical (unpaired) electrons. The highest BCUT2D eigenvalue weighted by atomic mass is 16.5. The van der Waals surface area contributed by atoms with Crippen LogP contribution in [0.4, 0.5) is 0 Å². The zero-order valence-corrected chi connectivity index (χ0v) is 16.7. The van der Waals surface area contributed by atoms with Crippen molar-refractivity contribution in [2.24, 2.45) is 11.8 Å². The van der Waals surface area contributed by atoms with E-state index in [0.717, 1.165) is 51.0 Å². The Morgan fingerprint density at radius 1 is 1.52 bits per heavy atom. The van der Waals surface area contributed by atoms with Crippen molar-refractivity contribution in [3.63, 3.8) is 0 Å². The van der Waals surface area contributed by atoms with Gasteiger partial charge in [-0.15, -0.1) is 0 Å². The molecule has 3 fully saturated rings. The first-order chi connectivity index (χ1) is 13.0. The zero-order chi connectivity index (χ0) is 19.0. The number of carbonyl (C=O) groups excluding carboxylic acids is 1. The Morgan fingerprint density at radius 2 is 2.37 bits per heavy atom. The SMILES string of the molecule is CCC(C)=CCCN1C[C@@H]2[C@H](CNC(=O)c3cc(C)no3)[C@H]3CC[C@]2(C1)O3. The van der Waals surface area contributed by atoms with E-state index in [-0.39, 0.29) is 23.4 Å². The summed E-state index contributed by atoms with van der Waals surface area (Å²) in [5.41, 5.74) is 2.21. The average molecular weight is 373 g/mol. The molecule has 0 aromatic carbocycles. The summed E-state index contributed by atoms with van der Waals surface area (Å²) in [4.78, 5) is 14.9. The molecule has 0 saturated carbocycles. The number of rotatable bonds is 7. The molecule has 6 heteroatoms. The molecule has 1 amide bonds. The average Bonchev–Trinajstić information content (AvgIpc) is 3.39. The number of carbonyl (C=O) groups is 1. The van der Waals surface area contributed by atoms with E-state index in [2.05, 4.69) is 35.3 Å². The zero-order valence-electron chi connectivity index (χ0n) is 16.7. The van der Waals surface area contributed by atoms with Gasteiger partial charge in [-0.25, -0.2) is 0 Å². The standard InChI is InChI=1S/C21H31N3O3/c1-4-14(2)6-5-9-24-12-17-16(18-7-8-21(17,13-24)26-18)11-22-20(25)19-10-15(3)23-27-19/h6,10,16-18H,4-5,7-9,11-13H2,1-3H3,(H,22,25)/t16-,17+,18+,21+/m0/s1. The maximum absolute atomic E-state index is 12.3. The van der Waals surface area contributed by atoms with Crippen molar-refractivity contribution in [3.8, 4) is 0 Å². The molecule has 1 N–H and O–H groups in total. The lowest BCUT2D eigenvalue weighted by atomic mass is 9.73. The van der Waals surface area contributed by atoms with Crippen LogP contribution in [0.25, 0.3) is 0 Å². The van der Waals surface area contributed by atoms with Crippen LogP contribution in [0.5, 0.6) is 0 Å². The Bertz CT molecular complexity index is 728. The summed E-state index contributed by atoms with van der Waals surface area (Å²) in [5.74, 6) is 1.02. The fraction of sp³-hybridized carbons (Fsp3) is 0.714. The Labute approximate surface area is 161 Å². The van der Waals surface area contributed by atoms with Crippen LogP contribution in [-0.2, 0) is 4.74 Å². The van der Waals surface area contributed by atoms with Crippen LogP contribution >= 0.6 is 0 Å². The van der Waals surface area contributed by atoms with Crippen LogP contribution in [0, 0.1) is 18.8 Å². The summed E-state index contributed by atoms with van der Waals surface area (Å²) in [6, 6.07) is 1.68. The molecule has 148 valence electrons. The number of allylic oxidation sites excluding steroid dienone is 1. The number of nitrogens with zero attached hydrogens (tertiary/aromatic N) is 2. The topological polar surface area (TPSA) is 67.6 Å². The Kier molecular flexibility index (Phi) is 5.12. The minimum atomic E-state index is -0.178. The highest BCUT2D eigenvalue weighted by molar-refractivity contribution is 5.91. The van der Waals surface area contributed by atoms with Crippen molar-refractivity contribution >= 4 is 5.91 Å². The fourth-order valence-electron chi connectivity index (χ4n) is 5.14. The number of ether oxygens (including phenoxy) is 1. The smallest absolute Gasteiger partial charge is 0.289 e. The van der Waals surface area contributed by atoms with Gasteiger partial charge in [0.15, 0.2) is 0 Å². The van der Waals surface area contributed by atoms with Gasteiger partial charge in [-0.05, 0) is 39.5 Å². The number of fused-ring (bicyclic) bond motifs is 1. The molecule has 1 aromatic rings. The van der Waals surface area contributed by atoms with Crippen molar-refractivity contribution in [2.75, 3.05) is 26.2 Å². The van der Waals surface area contributed by atoms with Crippen molar-refractivity contribution in [1.29, 1.82) is 0 Å². The van der Waals surface area contributed by atoms with Gasteiger partial charge in [-0.1, -0.05) is 23.7 Å². The van der Waals surface area contributed by atoms with E-state index in [1.54, 1.807) is 6.07 Å². The van der Waals surface area contributed by atoms with Crippen LogP contribution in [-0.4, -0.2) is 53.8 Å². The molecule has 3 saturated heterocycles. The normalized spacial score (nSPS) is 32.9. The molecule has 4 atom stereocenters. The van der Waals surface area contributed by atoms with Gasteiger partial charge in [0, 0.05) is 44.1 Å². The summed E-state index contributed by atoms with van der Waals surface area (Å²) in [5, 5.41) is 6.84. The summed E-state index contributed by atoms with van der Waals surface area (Å²) in [6.45, 7) is 10.1. The minimum absolute atomic E-state index is 0.0202. The van der Waals surface area contributed by atoms with E-state index in [1.165, 1.54) is 5.57 Å². The van der Waals surface area contributed by atoms with Gasteiger partial charge in [0.25, 0.3) is 5.91 Å². The van der Waals surface area contributed by atoms with Gasteiger partial charge in [-0.3, -0.25) is 9.69 Å². The monoisotopic (exact) mass is 373 g/mol. The van der Waals surface area contributed by atoms with E-state index in [4.69, 9.17) is 9.26 Å². The van der Waals surface area contributed by atoms with Gasteiger partial charge in [-0.2, -0.15) is 0 Å². The predicted molar refractivity (Wildman–Crippen MR) is 102 cm³/mol. The molecular weight excluding hydrogens is 342 g/mol. The van der Waals surface area contributed by atoms with E-state index < -0.39 is 0 Å². The molecule has 3 aliphatic heterocycles. The second-order valence-electron chi connectivity index (χ2n) is 8.50. The molecule has 1 aromatic heterocycles. The van der Waals surface area contributed by atoms with Crippen LogP contribution in [0.1, 0.15) is 55.8 Å². The quantitative estimate of drug-likeness (QED) is 0.745. The number of hydrogen-bond acceptors (Lipinski definition) is 5. The van der Waals surface area contributed by atoms with Crippen LogP contribution in [0.15, 0.2) is 22.2 Å². The van der Waals surface area contributed by atoms with E-state index in [9.17, 15) is 4.79 Å². The molecule has 0 aliphatic carbocycles. The maximum atomic E-state index is 12.3. The molecule has 0 unspecified atom stereocenters. The molecular formula is C21H31N3O3. The number of aromatic nitrogens is 1. The second kappa shape index (κ2) is 7.40.